The zero-order valence-corrected chi connectivity index (χ0v) is 13.7. The van der Waals surface area contributed by atoms with Gasteiger partial charge in [0.05, 0.1) is 12.5 Å². The summed E-state index contributed by atoms with van der Waals surface area (Å²) in [6.07, 6.45) is 5.31. The van der Waals surface area contributed by atoms with Gasteiger partial charge in [0, 0.05) is 25.0 Å². The molecule has 2 aliphatic rings. The number of carbonyl (C=O) groups is 2. The maximum Gasteiger partial charge on any atom is 0.310 e. The van der Waals surface area contributed by atoms with Gasteiger partial charge >= 0.3 is 5.97 Å². The van der Waals surface area contributed by atoms with E-state index in [-0.39, 0.29) is 30.2 Å². The van der Waals surface area contributed by atoms with Gasteiger partial charge in [-0.1, -0.05) is 6.92 Å². The summed E-state index contributed by atoms with van der Waals surface area (Å²) in [7, 11) is 0. The molecule has 2 aliphatic heterocycles. The fourth-order valence-electron chi connectivity index (χ4n) is 3.31. The summed E-state index contributed by atoms with van der Waals surface area (Å²) < 4.78 is 4.92. The summed E-state index contributed by atoms with van der Waals surface area (Å²) in [5.74, 6) is 0.0370. The van der Waals surface area contributed by atoms with Gasteiger partial charge in [-0.25, -0.2) is 0 Å². The quantitative estimate of drug-likeness (QED) is 0.731. The topological polar surface area (TPSA) is 67.4 Å². The van der Waals surface area contributed by atoms with Crippen molar-refractivity contribution in [2.24, 2.45) is 11.8 Å². The summed E-state index contributed by atoms with van der Waals surface area (Å²) in [6, 6.07) is 1.23. The molecule has 0 aromatic rings. The fraction of sp³-hybridized carbons (Fsp3) is 0.867. The molecule has 0 spiro atoms. The van der Waals surface area contributed by atoms with Crippen LogP contribution in [-0.4, -0.2) is 37.1 Å². The third-order valence-corrected chi connectivity index (χ3v) is 4.34. The van der Waals surface area contributed by atoms with Crippen molar-refractivity contribution >= 4 is 24.3 Å². The Labute approximate surface area is 133 Å². The van der Waals surface area contributed by atoms with Crippen LogP contribution in [0.4, 0.5) is 0 Å². The first-order valence-corrected chi connectivity index (χ1v) is 7.77. The van der Waals surface area contributed by atoms with Crippen LogP contribution in [0.25, 0.3) is 0 Å². The second-order valence-electron chi connectivity index (χ2n) is 6.14. The Morgan fingerprint density at radius 2 is 1.90 bits per heavy atom. The maximum atomic E-state index is 11.9. The lowest BCUT2D eigenvalue weighted by atomic mass is 9.89. The lowest BCUT2D eigenvalue weighted by Gasteiger charge is -2.28. The van der Waals surface area contributed by atoms with Gasteiger partial charge < -0.3 is 15.4 Å². The highest BCUT2D eigenvalue weighted by Crippen LogP contribution is 2.32. The second-order valence-corrected chi connectivity index (χ2v) is 6.14. The van der Waals surface area contributed by atoms with Crippen molar-refractivity contribution in [1.82, 2.24) is 10.6 Å². The summed E-state index contributed by atoms with van der Waals surface area (Å²) in [6.45, 7) is 4.32. The molecular weight excluding hydrogens is 292 g/mol. The predicted molar refractivity (Wildman–Crippen MR) is 83.3 cm³/mol. The van der Waals surface area contributed by atoms with Crippen molar-refractivity contribution in [3.05, 3.63) is 0 Å². The van der Waals surface area contributed by atoms with Crippen LogP contribution in [0.15, 0.2) is 0 Å². The molecule has 5 nitrogen and oxygen atoms in total. The van der Waals surface area contributed by atoms with Crippen LogP contribution in [0.3, 0.4) is 0 Å². The van der Waals surface area contributed by atoms with Gasteiger partial charge in [-0.15, -0.1) is 12.4 Å². The van der Waals surface area contributed by atoms with Crippen molar-refractivity contribution in [3.8, 4) is 0 Å². The van der Waals surface area contributed by atoms with Crippen LogP contribution in [0.5, 0.6) is 0 Å². The van der Waals surface area contributed by atoms with E-state index in [1.165, 1.54) is 12.8 Å². The van der Waals surface area contributed by atoms with Gasteiger partial charge in [-0.3, -0.25) is 9.59 Å². The molecule has 0 aromatic heterocycles. The molecule has 2 heterocycles. The van der Waals surface area contributed by atoms with Crippen molar-refractivity contribution in [1.29, 1.82) is 0 Å². The van der Waals surface area contributed by atoms with Crippen molar-refractivity contribution in [2.75, 3.05) is 13.2 Å². The number of esters is 1. The first-order chi connectivity index (χ1) is 9.58. The zero-order chi connectivity index (χ0) is 14.5. The lowest BCUT2D eigenvalue weighted by molar-refractivity contribution is -0.147. The Morgan fingerprint density at radius 1 is 1.29 bits per heavy atom. The molecule has 122 valence electrons. The number of piperidine rings is 1. The Kier molecular flexibility index (Phi) is 7.46. The largest absolute Gasteiger partial charge is 0.466 e. The minimum atomic E-state index is -0.275. The van der Waals surface area contributed by atoms with Gasteiger partial charge in [0.25, 0.3) is 0 Å². The van der Waals surface area contributed by atoms with Crippen LogP contribution in [0.2, 0.25) is 0 Å². The second kappa shape index (κ2) is 8.59. The zero-order valence-electron chi connectivity index (χ0n) is 12.9. The van der Waals surface area contributed by atoms with Crippen LogP contribution < -0.4 is 10.6 Å². The number of fused-ring (bicyclic) bond motifs is 2. The van der Waals surface area contributed by atoms with E-state index >= 15 is 0 Å². The Morgan fingerprint density at radius 3 is 2.48 bits per heavy atom. The van der Waals surface area contributed by atoms with Gasteiger partial charge in [-0.05, 0) is 38.5 Å². The monoisotopic (exact) mass is 318 g/mol. The van der Waals surface area contributed by atoms with Crippen LogP contribution in [-0.2, 0) is 14.3 Å². The van der Waals surface area contributed by atoms with Gasteiger partial charge in [0.1, 0.15) is 0 Å². The third-order valence-electron chi connectivity index (χ3n) is 4.34. The number of hydrogen-bond acceptors (Lipinski definition) is 4. The van der Waals surface area contributed by atoms with E-state index in [1.807, 2.05) is 0 Å². The van der Waals surface area contributed by atoms with Crippen LogP contribution in [0.1, 0.15) is 46.0 Å². The number of carbonyl (C=O) groups excluding carboxylic acids is 2. The first-order valence-electron chi connectivity index (χ1n) is 7.77. The Hall–Kier alpha value is -0.810. The van der Waals surface area contributed by atoms with Gasteiger partial charge in [-0.2, -0.15) is 0 Å². The predicted octanol–water partition coefficient (Wildman–Crippen LogP) is 1.64. The molecule has 1 amide bonds. The van der Waals surface area contributed by atoms with Crippen molar-refractivity contribution in [2.45, 2.75) is 58.0 Å². The smallest absolute Gasteiger partial charge is 0.310 e. The molecule has 21 heavy (non-hydrogen) atoms. The highest BCUT2D eigenvalue weighted by molar-refractivity contribution is 5.85. The number of amides is 1. The van der Waals surface area contributed by atoms with Crippen molar-refractivity contribution < 1.29 is 14.3 Å². The summed E-state index contributed by atoms with van der Waals surface area (Å²) in [4.78, 5) is 23.4. The molecule has 0 aliphatic carbocycles. The van der Waals surface area contributed by atoms with E-state index < -0.39 is 0 Å². The molecule has 2 bridgehead atoms. The van der Waals surface area contributed by atoms with E-state index in [0.717, 1.165) is 12.8 Å². The average Bonchev–Trinajstić information content (AvgIpc) is 2.75. The van der Waals surface area contributed by atoms with Crippen LogP contribution >= 0.6 is 12.4 Å². The van der Waals surface area contributed by atoms with E-state index in [2.05, 4.69) is 10.6 Å². The van der Waals surface area contributed by atoms with E-state index in [4.69, 9.17) is 4.74 Å². The van der Waals surface area contributed by atoms with E-state index in [0.29, 0.717) is 37.6 Å². The molecule has 3 atom stereocenters. The van der Waals surface area contributed by atoms with Crippen molar-refractivity contribution in [3.63, 3.8) is 0 Å². The van der Waals surface area contributed by atoms with Gasteiger partial charge in [0.15, 0.2) is 0 Å². The summed E-state index contributed by atoms with van der Waals surface area (Å²) in [5, 5.41) is 6.44. The molecule has 2 N–H and O–H groups in total. The summed E-state index contributed by atoms with van der Waals surface area (Å²) in [5.41, 5.74) is 0. The van der Waals surface area contributed by atoms with E-state index in [1.54, 1.807) is 13.8 Å². The molecule has 6 heteroatoms. The highest BCUT2D eigenvalue weighted by atomic mass is 35.5. The Bertz CT molecular complexity index is 353. The lowest BCUT2D eigenvalue weighted by Crippen LogP contribution is -2.40. The number of nitrogens with one attached hydrogen (secondary N) is 2. The van der Waals surface area contributed by atoms with Crippen LogP contribution in [0, 0.1) is 11.8 Å². The number of ether oxygens (including phenoxy) is 1. The highest BCUT2D eigenvalue weighted by Gasteiger charge is 2.34. The normalized spacial score (nSPS) is 28.4. The molecule has 2 saturated heterocycles. The van der Waals surface area contributed by atoms with Gasteiger partial charge in [0.2, 0.25) is 5.91 Å². The average molecular weight is 319 g/mol. The van der Waals surface area contributed by atoms with E-state index in [9.17, 15) is 9.59 Å². The fourth-order valence-corrected chi connectivity index (χ4v) is 3.31. The number of hydrogen-bond donors (Lipinski definition) is 2. The molecule has 0 saturated carbocycles. The first kappa shape index (κ1) is 18.2. The maximum absolute atomic E-state index is 11.9. The molecule has 2 rings (SSSR count). The summed E-state index contributed by atoms with van der Waals surface area (Å²) >= 11 is 0. The third kappa shape index (κ3) is 5.47. The molecule has 3 unspecified atom stereocenters. The Balaban J connectivity index is 0.00000220. The minimum Gasteiger partial charge on any atom is -0.466 e. The standard InChI is InChI=1S/C15H26N2O3.ClH/c1-3-20-15(19)10(2)9-16-14(18)8-11-6-12-4-5-13(7-11)17-12;/h10-13,17H,3-9H2,1-2H3,(H,16,18);1H. The minimum absolute atomic E-state index is 0. The number of halogens is 1. The molecule has 2 fully saturated rings. The number of rotatable bonds is 6. The molecular formula is C15H27ClN2O3. The SMILES string of the molecule is CCOC(=O)C(C)CNC(=O)CC1CC2CCC(C1)N2.Cl. The molecule has 0 radical (unpaired) electrons. The molecule has 0 aromatic carbocycles.